The first-order valence-electron chi connectivity index (χ1n) is 13.2. The molecule has 1 aliphatic rings. The molecule has 216 valence electrons. The van der Waals surface area contributed by atoms with Gasteiger partial charge in [-0.15, -0.1) is 12.4 Å². The fourth-order valence-electron chi connectivity index (χ4n) is 4.84. The molecule has 1 N–H and O–H groups in total. The van der Waals surface area contributed by atoms with Crippen molar-refractivity contribution in [3.8, 4) is 5.82 Å². The molecule has 0 aliphatic carbocycles. The van der Waals surface area contributed by atoms with E-state index in [1.165, 1.54) is 12.4 Å². The Morgan fingerprint density at radius 1 is 1.02 bits per heavy atom. The van der Waals surface area contributed by atoms with Crippen LogP contribution < -0.4 is 5.32 Å². The molecule has 0 unspecified atom stereocenters. The third-order valence-corrected chi connectivity index (χ3v) is 7.37. The molecule has 5 rings (SSSR count). The number of nitrogens with zero attached hydrogens (tertiary/aromatic N) is 7. The number of Topliss-reactive ketones (excluding diaryl/α,β-unsaturated/α-hetero) is 1. The van der Waals surface area contributed by atoms with Crippen LogP contribution in [-0.2, 0) is 11.3 Å². The first-order chi connectivity index (χ1) is 19.2. The summed E-state index contributed by atoms with van der Waals surface area (Å²) < 4.78 is 3.34. The van der Waals surface area contributed by atoms with Crippen LogP contribution in [0.5, 0.6) is 0 Å². The standard InChI is InChI=1S/C28H31ClN8O3.ClH/c1-4-5-24(38)21-13-32-37(18(21)2)26-15-30-25(14-31-26)33-28(40)22-16-36(23-7-6-19(29)12-20(22)23)17-27(39)35-10-8-34(3)9-11-35;/h6-7,12-16H,4-5,8-11,17H2,1-3H3,(H,30,33,40);1H. The molecular weight excluding hydrogens is 567 g/mol. The van der Waals surface area contributed by atoms with Crippen LogP contribution in [0.2, 0.25) is 5.02 Å². The number of fused-ring (bicyclic) bond motifs is 1. The number of carbonyl (C=O) groups is 3. The van der Waals surface area contributed by atoms with E-state index < -0.39 is 5.91 Å². The van der Waals surface area contributed by atoms with Gasteiger partial charge in [0.2, 0.25) is 5.91 Å². The molecule has 1 saturated heterocycles. The number of piperazine rings is 1. The minimum Gasteiger partial charge on any atom is -0.339 e. The molecule has 4 aromatic rings. The van der Waals surface area contributed by atoms with E-state index in [1.54, 1.807) is 33.8 Å². The smallest absolute Gasteiger partial charge is 0.259 e. The van der Waals surface area contributed by atoms with Gasteiger partial charge in [-0.3, -0.25) is 14.4 Å². The molecule has 0 spiro atoms. The van der Waals surface area contributed by atoms with Gasteiger partial charge in [0.1, 0.15) is 6.54 Å². The van der Waals surface area contributed by atoms with Crippen molar-refractivity contribution >= 4 is 58.3 Å². The second kappa shape index (κ2) is 12.8. The summed E-state index contributed by atoms with van der Waals surface area (Å²) in [5, 5.41) is 8.20. The molecule has 0 atom stereocenters. The highest BCUT2D eigenvalue weighted by Gasteiger charge is 2.22. The molecule has 4 heterocycles. The second-order valence-corrected chi connectivity index (χ2v) is 10.4. The number of anilines is 1. The lowest BCUT2D eigenvalue weighted by atomic mass is 10.1. The molecule has 0 bridgehead atoms. The Kier molecular flexibility index (Phi) is 9.42. The highest BCUT2D eigenvalue weighted by Crippen LogP contribution is 2.26. The summed E-state index contributed by atoms with van der Waals surface area (Å²) in [7, 11) is 2.04. The highest BCUT2D eigenvalue weighted by atomic mass is 35.5. The summed E-state index contributed by atoms with van der Waals surface area (Å²) in [6, 6.07) is 5.27. The second-order valence-electron chi connectivity index (χ2n) is 9.96. The van der Waals surface area contributed by atoms with Crippen LogP contribution in [-0.4, -0.2) is 84.9 Å². The summed E-state index contributed by atoms with van der Waals surface area (Å²) in [5.74, 6) is 0.311. The number of benzene rings is 1. The average Bonchev–Trinajstić information content (AvgIpc) is 3.49. The Morgan fingerprint density at radius 3 is 2.46 bits per heavy atom. The van der Waals surface area contributed by atoms with Crippen molar-refractivity contribution in [2.45, 2.75) is 33.2 Å². The molecule has 1 aromatic carbocycles. The van der Waals surface area contributed by atoms with Gasteiger partial charge in [0.15, 0.2) is 17.4 Å². The van der Waals surface area contributed by atoms with Gasteiger partial charge in [0, 0.05) is 54.7 Å². The van der Waals surface area contributed by atoms with E-state index in [2.05, 4.69) is 25.3 Å². The summed E-state index contributed by atoms with van der Waals surface area (Å²) in [4.78, 5) is 51.4. The Hall–Kier alpha value is -3.80. The molecule has 0 radical (unpaired) electrons. The third-order valence-electron chi connectivity index (χ3n) is 7.13. The van der Waals surface area contributed by atoms with Gasteiger partial charge in [-0.05, 0) is 38.6 Å². The lowest BCUT2D eigenvalue weighted by molar-refractivity contribution is -0.133. The number of carbonyl (C=O) groups excluding carboxylic acids is 3. The van der Waals surface area contributed by atoms with Gasteiger partial charge in [0.05, 0.1) is 35.4 Å². The van der Waals surface area contributed by atoms with E-state index in [9.17, 15) is 14.4 Å². The minimum atomic E-state index is -0.400. The molecule has 13 heteroatoms. The van der Waals surface area contributed by atoms with Crippen LogP contribution in [0.15, 0.2) is 43.0 Å². The Balaban J connectivity index is 0.00000387. The number of hydrogen-bond acceptors (Lipinski definition) is 7. The zero-order valence-electron chi connectivity index (χ0n) is 23.1. The van der Waals surface area contributed by atoms with Crippen LogP contribution >= 0.6 is 24.0 Å². The molecule has 11 nitrogen and oxygen atoms in total. The van der Waals surface area contributed by atoms with E-state index in [4.69, 9.17) is 11.6 Å². The molecule has 1 fully saturated rings. The van der Waals surface area contributed by atoms with E-state index in [-0.39, 0.29) is 36.5 Å². The van der Waals surface area contributed by atoms with Crippen LogP contribution in [0.3, 0.4) is 0 Å². The van der Waals surface area contributed by atoms with Crippen molar-refractivity contribution < 1.29 is 14.4 Å². The zero-order chi connectivity index (χ0) is 28.4. The molecule has 1 aliphatic heterocycles. The van der Waals surface area contributed by atoms with Crippen molar-refractivity contribution in [2.75, 3.05) is 38.5 Å². The Labute approximate surface area is 248 Å². The van der Waals surface area contributed by atoms with Gasteiger partial charge in [-0.1, -0.05) is 18.5 Å². The van der Waals surface area contributed by atoms with E-state index in [0.717, 1.165) is 25.0 Å². The molecular formula is C28H32Cl2N8O3. The highest BCUT2D eigenvalue weighted by molar-refractivity contribution is 6.31. The van der Waals surface area contributed by atoms with Crippen molar-refractivity contribution in [1.29, 1.82) is 0 Å². The number of rotatable bonds is 8. The van der Waals surface area contributed by atoms with Crippen molar-refractivity contribution in [3.05, 3.63) is 64.8 Å². The van der Waals surface area contributed by atoms with Crippen LogP contribution in [0.4, 0.5) is 5.82 Å². The van der Waals surface area contributed by atoms with E-state index in [1.807, 2.05) is 31.9 Å². The largest absolute Gasteiger partial charge is 0.339 e. The van der Waals surface area contributed by atoms with E-state index >= 15 is 0 Å². The average molecular weight is 600 g/mol. The van der Waals surface area contributed by atoms with Gasteiger partial charge < -0.3 is 19.7 Å². The molecule has 0 saturated carbocycles. The third kappa shape index (κ3) is 6.42. The number of hydrogen-bond donors (Lipinski definition) is 1. The van der Waals surface area contributed by atoms with Crippen LogP contribution in [0.1, 0.15) is 46.2 Å². The van der Waals surface area contributed by atoms with Crippen LogP contribution in [0, 0.1) is 6.92 Å². The number of halogens is 2. The predicted molar refractivity (Wildman–Crippen MR) is 159 cm³/mol. The van der Waals surface area contributed by atoms with Crippen molar-refractivity contribution in [2.24, 2.45) is 0 Å². The number of nitrogens with one attached hydrogen (secondary N) is 1. The SMILES string of the molecule is CCCC(=O)c1cnn(-c2cnc(NC(=O)c3cn(CC(=O)N4CCN(C)CC4)c4ccc(Cl)cc34)cn2)c1C.Cl. The number of amides is 2. The lowest BCUT2D eigenvalue weighted by Gasteiger charge is -2.32. The maximum Gasteiger partial charge on any atom is 0.259 e. The van der Waals surface area contributed by atoms with Crippen molar-refractivity contribution in [1.82, 2.24) is 34.1 Å². The number of likely N-dealkylation sites (N-methyl/N-ethyl adjacent to an activating group) is 1. The fraction of sp³-hybridized carbons (Fsp3) is 0.357. The first-order valence-corrected chi connectivity index (χ1v) is 13.6. The lowest BCUT2D eigenvalue weighted by Crippen LogP contribution is -2.48. The Morgan fingerprint density at radius 2 is 1.78 bits per heavy atom. The van der Waals surface area contributed by atoms with E-state index in [0.29, 0.717) is 52.6 Å². The van der Waals surface area contributed by atoms with Crippen molar-refractivity contribution in [3.63, 3.8) is 0 Å². The summed E-state index contributed by atoms with van der Waals surface area (Å²) in [6.45, 7) is 6.90. The zero-order valence-corrected chi connectivity index (χ0v) is 24.7. The fourth-order valence-corrected chi connectivity index (χ4v) is 5.01. The minimum absolute atomic E-state index is 0. The molecule has 41 heavy (non-hydrogen) atoms. The van der Waals surface area contributed by atoms with Crippen LogP contribution in [0.25, 0.3) is 16.7 Å². The summed E-state index contributed by atoms with van der Waals surface area (Å²) in [5.41, 5.74) is 2.35. The Bertz CT molecular complexity index is 1570. The summed E-state index contributed by atoms with van der Waals surface area (Å²) >= 11 is 6.26. The quantitative estimate of drug-likeness (QED) is 0.304. The summed E-state index contributed by atoms with van der Waals surface area (Å²) in [6.07, 6.45) is 7.35. The van der Waals surface area contributed by atoms with Gasteiger partial charge in [0.25, 0.3) is 5.91 Å². The maximum absolute atomic E-state index is 13.3. The normalized spacial score (nSPS) is 13.7. The monoisotopic (exact) mass is 598 g/mol. The van der Waals surface area contributed by atoms with Gasteiger partial charge in [-0.2, -0.15) is 5.10 Å². The molecule has 2 amide bonds. The van der Waals surface area contributed by atoms with Gasteiger partial charge >= 0.3 is 0 Å². The number of aromatic nitrogens is 5. The van der Waals surface area contributed by atoms with Gasteiger partial charge in [-0.25, -0.2) is 14.6 Å². The topological polar surface area (TPSA) is 118 Å². The first kappa shape index (κ1) is 30.2. The number of ketones is 1. The molecule has 3 aromatic heterocycles. The maximum atomic E-state index is 13.3. The predicted octanol–water partition coefficient (Wildman–Crippen LogP) is 4.01.